The van der Waals surface area contributed by atoms with E-state index in [4.69, 9.17) is 9.47 Å². The number of nitrogens with zero attached hydrogens (tertiary/aromatic N) is 1. The first kappa shape index (κ1) is 15.3. The van der Waals surface area contributed by atoms with Gasteiger partial charge < -0.3 is 19.8 Å². The van der Waals surface area contributed by atoms with E-state index >= 15 is 0 Å². The Balaban J connectivity index is 1.22. The van der Waals surface area contributed by atoms with Crippen LogP contribution in [0.5, 0.6) is 11.5 Å². The molecule has 1 fully saturated rings. The van der Waals surface area contributed by atoms with Gasteiger partial charge in [-0.25, -0.2) is 4.98 Å². The molecule has 1 aromatic heterocycles. The van der Waals surface area contributed by atoms with Gasteiger partial charge in [0.15, 0.2) is 11.5 Å². The normalized spacial score (nSPS) is 20.8. The van der Waals surface area contributed by atoms with Crippen LogP contribution >= 0.6 is 0 Å². The van der Waals surface area contributed by atoms with Gasteiger partial charge in [0, 0.05) is 5.92 Å². The zero-order chi connectivity index (χ0) is 17.5. The second-order valence-corrected chi connectivity index (χ2v) is 6.77. The molecule has 1 aliphatic heterocycles. The molecule has 2 aliphatic rings. The lowest BCUT2D eigenvalue weighted by atomic mass is 10.1. The highest BCUT2D eigenvalue weighted by Crippen LogP contribution is 2.49. The van der Waals surface area contributed by atoms with Crippen molar-refractivity contribution in [2.45, 2.75) is 18.9 Å². The number of hydrogen-bond donors (Lipinski definition) is 2. The number of rotatable bonds is 4. The Bertz CT molecular complexity index is 948. The number of aromatic amines is 1. The maximum Gasteiger partial charge on any atom is 0.224 e. The summed E-state index contributed by atoms with van der Waals surface area (Å²) in [5.41, 5.74) is 3.03. The number of hydrogen-bond acceptors (Lipinski definition) is 4. The Morgan fingerprint density at radius 1 is 1.15 bits per heavy atom. The van der Waals surface area contributed by atoms with Gasteiger partial charge >= 0.3 is 0 Å². The molecule has 26 heavy (non-hydrogen) atoms. The largest absolute Gasteiger partial charge is 0.486 e. The van der Waals surface area contributed by atoms with Crippen LogP contribution < -0.4 is 14.8 Å². The molecule has 0 radical (unpaired) electrons. The maximum absolute atomic E-state index is 12.5. The van der Waals surface area contributed by atoms with Crippen molar-refractivity contribution in [2.24, 2.45) is 5.92 Å². The number of benzene rings is 2. The van der Waals surface area contributed by atoms with E-state index in [1.807, 2.05) is 42.5 Å². The van der Waals surface area contributed by atoms with Crippen molar-refractivity contribution in [3.8, 4) is 11.5 Å². The fourth-order valence-electron chi connectivity index (χ4n) is 3.54. The highest BCUT2D eigenvalue weighted by Gasteiger charge is 2.44. The van der Waals surface area contributed by atoms with Crippen LogP contribution in [0.2, 0.25) is 0 Å². The smallest absolute Gasteiger partial charge is 0.224 e. The number of para-hydroxylation sites is 2. The molecule has 2 heterocycles. The fourth-order valence-corrected chi connectivity index (χ4v) is 3.54. The standard InChI is InChI=1S/C20H19N3O3/c24-20(21-11-19-22-15-3-1-2-4-16(15)23-19)14-10-13(14)12-5-6-17-18(9-12)26-8-7-25-17/h1-6,9,13-14H,7-8,10-11H2,(H,21,24)(H,22,23). The van der Waals surface area contributed by atoms with E-state index in [1.54, 1.807) is 0 Å². The number of carbonyl (C=O) groups excluding carboxylic acids is 1. The molecule has 1 aliphatic carbocycles. The minimum Gasteiger partial charge on any atom is -0.486 e. The van der Waals surface area contributed by atoms with Gasteiger partial charge in [0.1, 0.15) is 19.0 Å². The molecule has 0 saturated heterocycles. The van der Waals surface area contributed by atoms with E-state index in [0.717, 1.165) is 40.3 Å². The van der Waals surface area contributed by atoms with E-state index in [1.165, 1.54) is 0 Å². The first-order valence-corrected chi connectivity index (χ1v) is 8.89. The molecule has 1 saturated carbocycles. The summed E-state index contributed by atoms with van der Waals surface area (Å²) in [5.74, 6) is 2.68. The van der Waals surface area contributed by atoms with E-state index in [-0.39, 0.29) is 17.7 Å². The van der Waals surface area contributed by atoms with E-state index in [2.05, 4.69) is 15.3 Å². The van der Waals surface area contributed by atoms with Crippen molar-refractivity contribution >= 4 is 16.9 Å². The SMILES string of the molecule is O=C(NCc1nc2ccccc2[nH]1)C1CC1c1ccc2c(c1)OCCO2. The van der Waals surface area contributed by atoms with Crippen molar-refractivity contribution in [1.82, 2.24) is 15.3 Å². The van der Waals surface area contributed by atoms with Crippen molar-refractivity contribution in [2.75, 3.05) is 13.2 Å². The van der Waals surface area contributed by atoms with Gasteiger partial charge in [-0.3, -0.25) is 4.79 Å². The van der Waals surface area contributed by atoms with Gasteiger partial charge in [0.25, 0.3) is 0 Å². The van der Waals surface area contributed by atoms with E-state index < -0.39 is 0 Å². The monoisotopic (exact) mass is 349 g/mol. The third-order valence-electron chi connectivity index (χ3n) is 4.99. The van der Waals surface area contributed by atoms with E-state index in [9.17, 15) is 4.79 Å². The molecule has 6 heteroatoms. The summed E-state index contributed by atoms with van der Waals surface area (Å²) >= 11 is 0. The van der Waals surface area contributed by atoms with Crippen molar-refractivity contribution in [3.63, 3.8) is 0 Å². The van der Waals surface area contributed by atoms with Gasteiger partial charge in [-0.05, 0) is 42.2 Å². The Morgan fingerprint density at radius 3 is 2.88 bits per heavy atom. The van der Waals surface area contributed by atoms with Crippen LogP contribution in [0.25, 0.3) is 11.0 Å². The second-order valence-electron chi connectivity index (χ2n) is 6.77. The predicted molar refractivity (Wildman–Crippen MR) is 96.2 cm³/mol. The summed E-state index contributed by atoms with van der Waals surface area (Å²) in [5, 5.41) is 3.00. The van der Waals surface area contributed by atoms with Gasteiger partial charge in [0.05, 0.1) is 17.6 Å². The zero-order valence-electron chi connectivity index (χ0n) is 14.2. The molecule has 2 aromatic carbocycles. The summed E-state index contributed by atoms with van der Waals surface area (Å²) in [6.07, 6.45) is 0.867. The summed E-state index contributed by atoms with van der Waals surface area (Å²) in [4.78, 5) is 20.2. The molecule has 132 valence electrons. The van der Waals surface area contributed by atoms with Gasteiger partial charge in [0.2, 0.25) is 5.91 Å². The van der Waals surface area contributed by atoms with Gasteiger partial charge in [-0.1, -0.05) is 18.2 Å². The third kappa shape index (κ3) is 2.77. The number of aromatic nitrogens is 2. The Hall–Kier alpha value is -3.02. The first-order valence-electron chi connectivity index (χ1n) is 8.89. The molecule has 6 nitrogen and oxygen atoms in total. The fraction of sp³-hybridized carbons (Fsp3) is 0.300. The average Bonchev–Trinajstić information content (AvgIpc) is 3.38. The lowest BCUT2D eigenvalue weighted by Crippen LogP contribution is -2.25. The minimum atomic E-state index is 0.0157. The maximum atomic E-state index is 12.5. The van der Waals surface area contributed by atoms with Crippen LogP contribution in [0.4, 0.5) is 0 Å². The number of fused-ring (bicyclic) bond motifs is 2. The summed E-state index contributed by atoms with van der Waals surface area (Å²) < 4.78 is 11.2. The second kappa shape index (κ2) is 6.05. The van der Waals surface area contributed by atoms with E-state index in [0.29, 0.717) is 19.8 Å². The number of imidazole rings is 1. The van der Waals surface area contributed by atoms with Gasteiger partial charge in [-0.2, -0.15) is 0 Å². The van der Waals surface area contributed by atoms with Crippen LogP contribution in [0.15, 0.2) is 42.5 Å². The summed E-state index contributed by atoms with van der Waals surface area (Å²) in [6.45, 7) is 1.57. The van der Waals surface area contributed by atoms with Crippen molar-refractivity contribution in [3.05, 3.63) is 53.9 Å². The molecular weight excluding hydrogens is 330 g/mol. The topological polar surface area (TPSA) is 76.2 Å². The average molecular weight is 349 g/mol. The Labute approximate surface area is 150 Å². The molecule has 0 bridgehead atoms. The molecule has 5 rings (SSSR count). The quantitative estimate of drug-likeness (QED) is 0.759. The highest BCUT2D eigenvalue weighted by atomic mass is 16.6. The molecule has 2 unspecified atom stereocenters. The van der Waals surface area contributed by atoms with Gasteiger partial charge in [-0.15, -0.1) is 0 Å². The number of carbonyl (C=O) groups is 1. The van der Waals surface area contributed by atoms with Crippen molar-refractivity contribution in [1.29, 1.82) is 0 Å². The van der Waals surface area contributed by atoms with Crippen LogP contribution in [0.3, 0.4) is 0 Å². The molecule has 0 spiro atoms. The summed E-state index contributed by atoms with van der Waals surface area (Å²) in [6, 6.07) is 13.8. The minimum absolute atomic E-state index is 0.0157. The molecule has 2 N–H and O–H groups in total. The van der Waals surface area contributed by atoms with Crippen LogP contribution in [-0.4, -0.2) is 29.1 Å². The highest BCUT2D eigenvalue weighted by molar-refractivity contribution is 5.83. The lowest BCUT2D eigenvalue weighted by Gasteiger charge is -2.18. The number of nitrogens with one attached hydrogen (secondary N) is 2. The molecule has 2 atom stereocenters. The lowest BCUT2D eigenvalue weighted by molar-refractivity contribution is -0.122. The predicted octanol–water partition coefficient (Wildman–Crippen LogP) is 2.75. The van der Waals surface area contributed by atoms with Crippen LogP contribution in [-0.2, 0) is 11.3 Å². The Morgan fingerprint density at radius 2 is 2.00 bits per heavy atom. The van der Waals surface area contributed by atoms with Crippen LogP contribution in [0, 0.1) is 5.92 Å². The number of amides is 1. The molecular formula is C20H19N3O3. The third-order valence-corrected chi connectivity index (χ3v) is 4.99. The zero-order valence-corrected chi connectivity index (χ0v) is 14.2. The first-order chi connectivity index (χ1) is 12.8. The Kier molecular flexibility index (Phi) is 3.55. The summed E-state index contributed by atoms with van der Waals surface area (Å²) in [7, 11) is 0. The number of H-pyrrole nitrogens is 1. The van der Waals surface area contributed by atoms with Crippen LogP contribution in [0.1, 0.15) is 23.7 Å². The molecule has 1 amide bonds. The molecule has 3 aromatic rings. The number of ether oxygens (including phenoxy) is 2. The van der Waals surface area contributed by atoms with Crippen molar-refractivity contribution < 1.29 is 14.3 Å².